The van der Waals surface area contributed by atoms with E-state index in [1.165, 1.54) is 0 Å². The Hall–Kier alpha value is -0.220. The lowest BCUT2D eigenvalue weighted by atomic mass is 9.77. The molecule has 0 heterocycles. The topological polar surface area (TPSA) is 55.1 Å². The number of thioether (sulfide) groups is 1. The van der Waals surface area contributed by atoms with Gasteiger partial charge < -0.3 is 11.1 Å². The third-order valence-electron chi connectivity index (χ3n) is 2.94. The number of nitrogens with two attached hydrogens (primary N) is 1. The molecule has 1 aliphatic rings. The van der Waals surface area contributed by atoms with Gasteiger partial charge in [0, 0.05) is 11.8 Å². The van der Waals surface area contributed by atoms with Crippen molar-refractivity contribution in [1.82, 2.24) is 5.32 Å². The first kappa shape index (κ1) is 11.9. The first-order valence-corrected chi connectivity index (χ1v) is 6.47. The number of hydrogen-bond donors (Lipinski definition) is 2. The molecule has 1 fully saturated rings. The normalized spacial score (nSPS) is 21.1. The smallest absolute Gasteiger partial charge is 0.240 e. The van der Waals surface area contributed by atoms with Crippen LogP contribution in [-0.2, 0) is 4.79 Å². The Morgan fingerprint density at radius 1 is 1.64 bits per heavy atom. The molecule has 0 aromatic rings. The summed E-state index contributed by atoms with van der Waals surface area (Å²) >= 11 is 1.82. The van der Waals surface area contributed by atoms with Crippen LogP contribution in [0.2, 0.25) is 0 Å². The van der Waals surface area contributed by atoms with E-state index < -0.39 is 5.54 Å². The second kappa shape index (κ2) is 5.03. The largest absolute Gasteiger partial charge is 0.354 e. The van der Waals surface area contributed by atoms with Crippen molar-refractivity contribution < 1.29 is 4.79 Å². The third kappa shape index (κ3) is 2.89. The fraction of sp³-hybridized carbons (Fsp3) is 0.900. The second-order valence-corrected chi connectivity index (χ2v) is 5.38. The molecule has 0 spiro atoms. The fourth-order valence-electron chi connectivity index (χ4n) is 1.47. The average Bonchev–Trinajstić information content (AvgIpc) is 2.13. The number of rotatable bonds is 5. The highest BCUT2D eigenvalue weighted by atomic mass is 32.2. The first-order valence-electron chi connectivity index (χ1n) is 5.18. The number of carbonyl (C=O) groups excluding carboxylic acids is 1. The number of nitrogens with one attached hydrogen (secondary N) is 1. The standard InChI is InChI=1S/C10H20N2OS/c1-8(14-2)4-7-12-9(13)10(11)5-3-6-10/h8H,3-7,11H2,1-2H3,(H,12,13). The van der Waals surface area contributed by atoms with E-state index in [2.05, 4.69) is 18.5 Å². The maximum absolute atomic E-state index is 11.6. The first-order chi connectivity index (χ1) is 6.58. The molecule has 0 bridgehead atoms. The SMILES string of the molecule is CSC(C)CCNC(=O)C1(N)CCC1. The van der Waals surface area contributed by atoms with Crippen LogP contribution >= 0.6 is 11.8 Å². The minimum absolute atomic E-state index is 0.0389. The van der Waals surface area contributed by atoms with Crippen LogP contribution in [0.5, 0.6) is 0 Å². The van der Waals surface area contributed by atoms with Crippen molar-refractivity contribution in [3.05, 3.63) is 0 Å². The molecular weight excluding hydrogens is 196 g/mol. The van der Waals surface area contributed by atoms with Crippen LogP contribution in [0.25, 0.3) is 0 Å². The lowest BCUT2D eigenvalue weighted by molar-refractivity contribution is -0.129. The van der Waals surface area contributed by atoms with Crippen LogP contribution in [0.15, 0.2) is 0 Å². The van der Waals surface area contributed by atoms with Gasteiger partial charge in [-0.3, -0.25) is 4.79 Å². The van der Waals surface area contributed by atoms with Crippen molar-refractivity contribution >= 4 is 17.7 Å². The van der Waals surface area contributed by atoms with Gasteiger partial charge in [0.15, 0.2) is 0 Å². The van der Waals surface area contributed by atoms with Gasteiger partial charge in [0.05, 0.1) is 5.54 Å². The van der Waals surface area contributed by atoms with E-state index in [4.69, 9.17) is 5.73 Å². The van der Waals surface area contributed by atoms with Gasteiger partial charge in [0.1, 0.15) is 0 Å². The Labute approximate surface area is 90.2 Å². The number of hydrogen-bond acceptors (Lipinski definition) is 3. The number of carbonyl (C=O) groups is 1. The molecule has 3 N–H and O–H groups in total. The van der Waals surface area contributed by atoms with Crippen LogP contribution in [-0.4, -0.2) is 29.5 Å². The van der Waals surface area contributed by atoms with E-state index in [1.807, 2.05) is 11.8 Å². The highest BCUT2D eigenvalue weighted by molar-refractivity contribution is 7.99. The lowest BCUT2D eigenvalue weighted by Crippen LogP contribution is -2.58. The van der Waals surface area contributed by atoms with Crippen LogP contribution in [0.4, 0.5) is 0 Å². The molecule has 1 atom stereocenters. The molecule has 0 aromatic carbocycles. The van der Waals surface area contributed by atoms with Gasteiger partial charge in [0.25, 0.3) is 0 Å². The molecule has 0 radical (unpaired) electrons. The summed E-state index contributed by atoms with van der Waals surface area (Å²) in [5.41, 5.74) is 5.34. The second-order valence-electron chi connectivity index (χ2n) is 4.10. The average molecular weight is 216 g/mol. The van der Waals surface area contributed by atoms with Gasteiger partial charge in [-0.2, -0.15) is 11.8 Å². The van der Waals surface area contributed by atoms with Gasteiger partial charge in [-0.05, 0) is 31.9 Å². The zero-order valence-corrected chi connectivity index (χ0v) is 9.82. The van der Waals surface area contributed by atoms with Crippen LogP contribution in [0.1, 0.15) is 32.6 Å². The number of amides is 1. The molecule has 82 valence electrons. The van der Waals surface area contributed by atoms with Gasteiger partial charge in [-0.25, -0.2) is 0 Å². The summed E-state index contributed by atoms with van der Waals surface area (Å²) < 4.78 is 0. The van der Waals surface area contributed by atoms with Crippen LogP contribution < -0.4 is 11.1 Å². The van der Waals surface area contributed by atoms with Gasteiger partial charge in [-0.1, -0.05) is 6.92 Å². The van der Waals surface area contributed by atoms with Crippen molar-refractivity contribution in [3.8, 4) is 0 Å². The third-order valence-corrected chi connectivity index (χ3v) is 3.98. The summed E-state index contributed by atoms with van der Waals surface area (Å²) in [4.78, 5) is 11.6. The summed E-state index contributed by atoms with van der Waals surface area (Å²) in [6, 6.07) is 0. The molecule has 0 aromatic heterocycles. The summed E-state index contributed by atoms with van der Waals surface area (Å²) in [6.07, 6.45) is 5.88. The minimum Gasteiger partial charge on any atom is -0.354 e. The Balaban J connectivity index is 2.15. The molecule has 1 rings (SSSR count). The van der Waals surface area contributed by atoms with Gasteiger partial charge in [-0.15, -0.1) is 0 Å². The highest BCUT2D eigenvalue weighted by Gasteiger charge is 2.39. The van der Waals surface area contributed by atoms with E-state index in [-0.39, 0.29) is 5.91 Å². The molecule has 14 heavy (non-hydrogen) atoms. The van der Waals surface area contributed by atoms with E-state index in [9.17, 15) is 4.79 Å². The van der Waals surface area contributed by atoms with Crippen molar-refractivity contribution in [2.24, 2.45) is 5.73 Å². The molecule has 1 amide bonds. The molecule has 4 heteroatoms. The summed E-state index contributed by atoms with van der Waals surface area (Å²) in [7, 11) is 0. The molecule has 3 nitrogen and oxygen atoms in total. The Kier molecular flexibility index (Phi) is 4.26. The lowest BCUT2D eigenvalue weighted by Gasteiger charge is -2.36. The predicted octanol–water partition coefficient (Wildman–Crippen LogP) is 1.13. The van der Waals surface area contributed by atoms with E-state index >= 15 is 0 Å². The maximum Gasteiger partial charge on any atom is 0.240 e. The zero-order chi connectivity index (χ0) is 10.6. The maximum atomic E-state index is 11.6. The molecular formula is C10H20N2OS. The minimum atomic E-state index is -0.539. The Morgan fingerprint density at radius 3 is 2.71 bits per heavy atom. The van der Waals surface area contributed by atoms with Crippen molar-refractivity contribution in [2.75, 3.05) is 12.8 Å². The Morgan fingerprint density at radius 2 is 2.29 bits per heavy atom. The molecule has 1 aliphatic carbocycles. The summed E-state index contributed by atoms with van der Waals surface area (Å²) in [5, 5.41) is 3.52. The van der Waals surface area contributed by atoms with E-state index in [1.54, 1.807) is 0 Å². The molecule has 1 unspecified atom stereocenters. The van der Waals surface area contributed by atoms with Gasteiger partial charge >= 0.3 is 0 Å². The van der Waals surface area contributed by atoms with Crippen LogP contribution in [0, 0.1) is 0 Å². The predicted molar refractivity (Wildman–Crippen MR) is 61.4 cm³/mol. The molecule has 1 saturated carbocycles. The zero-order valence-electron chi connectivity index (χ0n) is 9.01. The molecule has 0 saturated heterocycles. The monoisotopic (exact) mass is 216 g/mol. The van der Waals surface area contributed by atoms with E-state index in [0.717, 1.165) is 32.2 Å². The van der Waals surface area contributed by atoms with Crippen LogP contribution in [0.3, 0.4) is 0 Å². The van der Waals surface area contributed by atoms with Crippen molar-refractivity contribution in [2.45, 2.75) is 43.4 Å². The van der Waals surface area contributed by atoms with Crippen molar-refractivity contribution in [3.63, 3.8) is 0 Å². The quantitative estimate of drug-likeness (QED) is 0.724. The fourth-order valence-corrected chi connectivity index (χ4v) is 1.82. The van der Waals surface area contributed by atoms with Gasteiger partial charge in [0.2, 0.25) is 5.91 Å². The van der Waals surface area contributed by atoms with Crippen molar-refractivity contribution in [1.29, 1.82) is 0 Å². The molecule has 0 aliphatic heterocycles. The summed E-state index contributed by atoms with van der Waals surface area (Å²) in [6.45, 7) is 2.91. The van der Waals surface area contributed by atoms with E-state index in [0.29, 0.717) is 5.25 Å². The summed E-state index contributed by atoms with van der Waals surface area (Å²) in [5.74, 6) is 0.0389. The highest BCUT2D eigenvalue weighted by Crippen LogP contribution is 2.28. The Bertz CT molecular complexity index is 204.